The predicted molar refractivity (Wildman–Crippen MR) is 251 cm³/mol. The minimum absolute atomic E-state index is 0.0479. The molecular weight excluding hydrogens is 776 g/mol. The van der Waals surface area contributed by atoms with Crippen LogP contribution in [0.5, 0.6) is 0 Å². The van der Waals surface area contributed by atoms with Gasteiger partial charge in [-0.2, -0.15) is 0 Å². The van der Waals surface area contributed by atoms with Gasteiger partial charge in [-0.1, -0.05) is 210 Å². The topological polar surface area (TPSA) is 132 Å². The highest BCUT2D eigenvalue weighted by Gasteiger charge is 2.26. The number of ether oxygens (including phenoxy) is 2. The molecule has 0 aromatic rings. The molecular formula is C50H93O9P. The van der Waals surface area contributed by atoms with Crippen molar-refractivity contribution in [2.24, 2.45) is 0 Å². The van der Waals surface area contributed by atoms with Crippen LogP contribution in [0.4, 0.5) is 0 Å². The van der Waals surface area contributed by atoms with Gasteiger partial charge < -0.3 is 24.6 Å². The van der Waals surface area contributed by atoms with Crippen LogP contribution in [0.15, 0.2) is 48.6 Å². The fourth-order valence-electron chi connectivity index (χ4n) is 6.82. The molecule has 0 aliphatic carbocycles. The number of aliphatic hydroxyl groups is 2. The normalized spacial score (nSPS) is 14.3. The van der Waals surface area contributed by atoms with E-state index in [1.54, 1.807) is 0 Å². The number of unbranched alkanes of at least 4 members (excludes halogenated alkanes) is 25. The number of aliphatic hydroxyl groups excluding tert-OH is 2. The first-order valence-electron chi connectivity index (χ1n) is 24.6. The maximum Gasteiger partial charge on any atom is 0.472 e. The van der Waals surface area contributed by atoms with Crippen molar-refractivity contribution in [3.63, 3.8) is 0 Å². The van der Waals surface area contributed by atoms with Crippen molar-refractivity contribution >= 4 is 13.8 Å². The number of esters is 1. The van der Waals surface area contributed by atoms with Gasteiger partial charge in [0, 0.05) is 13.0 Å². The fraction of sp³-hybridized carbons (Fsp3) is 0.820. The Labute approximate surface area is 368 Å². The quantitative estimate of drug-likeness (QED) is 0.0237. The van der Waals surface area contributed by atoms with Gasteiger partial charge in [0.1, 0.15) is 12.2 Å². The molecule has 0 aromatic carbocycles. The van der Waals surface area contributed by atoms with E-state index in [-0.39, 0.29) is 25.6 Å². The van der Waals surface area contributed by atoms with Crippen LogP contribution in [0, 0.1) is 0 Å². The Balaban J connectivity index is 4.10. The first kappa shape index (κ1) is 58.4. The van der Waals surface area contributed by atoms with Crippen molar-refractivity contribution in [1.29, 1.82) is 0 Å². The average molecular weight is 869 g/mol. The molecule has 0 heterocycles. The number of allylic oxidation sites excluding steroid dienone is 8. The summed E-state index contributed by atoms with van der Waals surface area (Å²) in [5, 5.41) is 18.4. The van der Waals surface area contributed by atoms with E-state index in [2.05, 4.69) is 62.5 Å². The van der Waals surface area contributed by atoms with Crippen molar-refractivity contribution in [3.05, 3.63) is 48.6 Å². The van der Waals surface area contributed by atoms with Gasteiger partial charge in [0.15, 0.2) is 0 Å². The molecule has 0 spiro atoms. The van der Waals surface area contributed by atoms with E-state index in [1.165, 1.54) is 128 Å². The van der Waals surface area contributed by atoms with E-state index in [9.17, 15) is 19.4 Å². The van der Waals surface area contributed by atoms with Gasteiger partial charge >= 0.3 is 13.8 Å². The monoisotopic (exact) mass is 869 g/mol. The van der Waals surface area contributed by atoms with Crippen LogP contribution in [0.25, 0.3) is 0 Å². The predicted octanol–water partition coefficient (Wildman–Crippen LogP) is 14.1. The van der Waals surface area contributed by atoms with Crippen molar-refractivity contribution in [2.45, 2.75) is 232 Å². The number of carbonyl (C=O) groups excluding carboxylic acids is 1. The van der Waals surface area contributed by atoms with Crippen LogP contribution in [-0.2, 0) is 27.9 Å². The Morgan fingerprint density at radius 1 is 0.533 bits per heavy atom. The lowest BCUT2D eigenvalue weighted by molar-refractivity contribution is -0.154. The standard InChI is InChI=1S/C50H93O9P/c1-3-5-7-9-11-13-15-17-19-21-23-24-25-26-28-30-32-34-36-38-40-42-50(53)59-49(47-58-60(54,55)57-45-48(52)44-51)46-56-43-41-39-37-35-33-31-29-27-22-20-18-16-14-12-10-8-6-4-2/h5,7,11,13,17,19,23-24,48-49,51-52H,3-4,6,8-10,12,14-16,18,20-22,25-47H2,1-2H3,(H,54,55)/b7-5-,13-11-,19-17-,24-23-. The summed E-state index contributed by atoms with van der Waals surface area (Å²) in [5.41, 5.74) is 0. The van der Waals surface area contributed by atoms with E-state index < -0.39 is 33.2 Å². The second kappa shape index (κ2) is 46.9. The van der Waals surface area contributed by atoms with E-state index >= 15 is 0 Å². The molecule has 0 rings (SSSR count). The Bertz CT molecular complexity index is 1080. The zero-order valence-electron chi connectivity index (χ0n) is 38.7. The molecule has 3 unspecified atom stereocenters. The van der Waals surface area contributed by atoms with Crippen LogP contribution in [0.1, 0.15) is 219 Å². The molecule has 0 aliphatic rings. The third-order valence-electron chi connectivity index (χ3n) is 10.5. The molecule has 3 N–H and O–H groups in total. The highest BCUT2D eigenvalue weighted by atomic mass is 31.2. The number of hydrogen-bond acceptors (Lipinski definition) is 8. The molecule has 0 aromatic heterocycles. The molecule has 9 nitrogen and oxygen atoms in total. The average Bonchev–Trinajstić information content (AvgIpc) is 3.24. The third kappa shape index (κ3) is 45.9. The van der Waals surface area contributed by atoms with Gasteiger partial charge in [-0.15, -0.1) is 0 Å². The van der Waals surface area contributed by atoms with E-state index in [4.69, 9.17) is 23.6 Å². The molecule has 0 amide bonds. The largest absolute Gasteiger partial charge is 0.472 e. The maximum atomic E-state index is 12.7. The van der Waals surface area contributed by atoms with Crippen LogP contribution < -0.4 is 0 Å². The number of phosphoric ester groups is 1. The second-order valence-electron chi connectivity index (χ2n) is 16.5. The number of rotatable bonds is 47. The third-order valence-corrected chi connectivity index (χ3v) is 11.5. The first-order valence-corrected chi connectivity index (χ1v) is 26.1. The van der Waals surface area contributed by atoms with Crippen molar-refractivity contribution in [3.8, 4) is 0 Å². The Morgan fingerprint density at radius 2 is 0.950 bits per heavy atom. The summed E-state index contributed by atoms with van der Waals surface area (Å²) in [6, 6.07) is 0. The van der Waals surface area contributed by atoms with Gasteiger partial charge in [-0.25, -0.2) is 4.57 Å². The number of carbonyl (C=O) groups is 1. The maximum absolute atomic E-state index is 12.7. The van der Waals surface area contributed by atoms with Gasteiger partial charge in [0.2, 0.25) is 0 Å². The zero-order valence-corrected chi connectivity index (χ0v) is 39.6. The Kier molecular flexibility index (Phi) is 45.7. The van der Waals surface area contributed by atoms with Crippen LogP contribution in [0.3, 0.4) is 0 Å². The van der Waals surface area contributed by atoms with E-state index in [0.29, 0.717) is 6.61 Å². The molecule has 0 fully saturated rings. The van der Waals surface area contributed by atoms with Crippen molar-refractivity contribution in [1.82, 2.24) is 0 Å². The first-order chi connectivity index (χ1) is 29.3. The highest BCUT2D eigenvalue weighted by molar-refractivity contribution is 7.47. The molecule has 3 atom stereocenters. The lowest BCUT2D eigenvalue weighted by atomic mass is 10.0. The second-order valence-corrected chi connectivity index (χ2v) is 17.9. The molecule has 0 bridgehead atoms. The summed E-state index contributed by atoms with van der Waals surface area (Å²) in [6.07, 6.45) is 53.5. The van der Waals surface area contributed by atoms with Gasteiger partial charge in [0.25, 0.3) is 0 Å². The SMILES string of the molecule is CC/C=C\C/C=C\C/C=C\C/C=C\CCCCCCCCCCC(=O)OC(COCCCCCCCCCCCCCCCCCCCC)COP(=O)(O)OCC(O)CO. The zero-order chi connectivity index (χ0) is 43.9. The number of hydrogen-bond donors (Lipinski definition) is 3. The summed E-state index contributed by atoms with van der Waals surface area (Å²) >= 11 is 0. The molecule has 0 saturated heterocycles. The highest BCUT2D eigenvalue weighted by Crippen LogP contribution is 2.43. The van der Waals surface area contributed by atoms with Crippen LogP contribution >= 0.6 is 7.82 Å². The van der Waals surface area contributed by atoms with Crippen LogP contribution in [0.2, 0.25) is 0 Å². The number of phosphoric acid groups is 1. The molecule has 0 aliphatic heterocycles. The van der Waals surface area contributed by atoms with E-state index in [0.717, 1.165) is 70.6 Å². The molecule has 352 valence electrons. The van der Waals surface area contributed by atoms with Crippen molar-refractivity contribution < 1.29 is 43.0 Å². The minimum atomic E-state index is -4.52. The molecule has 0 saturated carbocycles. The molecule has 10 heteroatoms. The Morgan fingerprint density at radius 3 is 1.43 bits per heavy atom. The lowest BCUT2D eigenvalue weighted by Crippen LogP contribution is -2.29. The lowest BCUT2D eigenvalue weighted by Gasteiger charge is -2.20. The van der Waals surface area contributed by atoms with Gasteiger partial charge in [-0.3, -0.25) is 13.8 Å². The summed E-state index contributed by atoms with van der Waals surface area (Å²) in [7, 11) is -4.52. The van der Waals surface area contributed by atoms with Crippen LogP contribution in [-0.4, -0.2) is 66.3 Å². The van der Waals surface area contributed by atoms with Crippen molar-refractivity contribution in [2.75, 3.05) is 33.0 Å². The smallest absolute Gasteiger partial charge is 0.457 e. The molecule has 0 radical (unpaired) electrons. The molecule has 60 heavy (non-hydrogen) atoms. The fourth-order valence-corrected chi connectivity index (χ4v) is 7.61. The van der Waals surface area contributed by atoms with Gasteiger partial charge in [-0.05, 0) is 51.4 Å². The Hall–Kier alpha value is -1.58. The summed E-state index contributed by atoms with van der Waals surface area (Å²) in [4.78, 5) is 22.7. The van der Waals surface area contributed by atoms with E-state index in [1.807, 2.05) is 0 Å². The minimum Gasteiger partial charge on any atom is -0.457 e. The van der Waals surface area contributed by atoms with Gasteiger partial charge in [0.05, 0.1) is 26.4 Å². The summed E-state index contributed by atoms with van der Waals surface area (Å²) in [5.74, 6) is -0.388. The summed E-state index contributed by atoms with van der Waals surface area (Å²) in [6.45, 7) is 3.43. The summed E-state index contributed by atoms with van der Waals surface area (Å²) < 4.78 is 33.5.